The summed E-state index contributed by atoms with van der Waals surface area (Å²) in [6.45, 7) is 9.22. The second-order valence-electron chi connectivity index (χ2n) is 6.32. The van der Waals surface area contributed by atoms with Gasteiger partial charge in [-0.2, -0.15) is 0 Å². The minimum absolute atomic E-state index is 0.321. The third kappa shape index (κ3) is 1.96. The second-order valence-corrected chi connectivity index (χ2v) is 6.32. The molecule has 2 bridgehead atoms. The maximum absolute atomic E-state index is 11.5. The molecule has 86 valence electrons. The van der Waals surface area contributed by atoms with Crippen molar-refractivity contribution < 1.29 is 4.79 Å². The maximum Gasteiger partial charge on any atom is 0.136 e. The van der Waals surface area contributed by atoms with Crippen LogP contribution in [0.5, 0.6) is 0 Å². The molecule has 3 unspecified atom stereocenters. The fourth-order valence-electron chi connectivity index (χ4n) is 3.08. The average molecular weight is 209 g/mol. The number of carbonyl (C=O) groups is 1. The van der Waals surface area contributed by atoms with E-state index >= 15 is 0 Å². The normalized spacial score (nSPS) is 34.5. The zero-order valence-electron chi connectivity index (χ0n) is 10.4. The summed E-state index contributed by atoms with van der Waals surface area (Å²) >= 11 is 0. The molecule has 0 saturated carbocycles. The molecule has 2 fully saturated rings. The number of Topliss-reactive ketones (excluding diaryl/α,β-unsaturated/α-hetero) is 1. The molecule has 2 saturated heterocycles. The molecule has 0 N–H and O–H groups in total. The van der Waals surface area contributed by atoms with Gasteiger partial charge in [0.15, 0.2) is 0 Å². The number of hydrogen-bond acceptors (Lipinski definition) is 2. The van der Waals surface area contributed by atoms with Crippen LogP contribution in [0.15, 0.2) is 0 Å². The third-order valence-corrected chi connectivity index (χ3v) is 4.30. The van der Waals surface area contributed by atoms with Crippen LogP contribution in [0.4, 0.5) is 0 Å². The van der Waals surface area contributed by atoms with Crippen molar-refractivity contribution in [1.82, 2.24) is 4.90 Å². The van der Waals surface area contributed by atoms with Crippen LogP contribution in [0.3, 0.4) is 0 Å². The Labute approximate surface area is 93.0 Å². The molecule has 0 aromatic rings. The van der Waals surface area contributed by atoms with Gasteiger partial charge in [-0.1, -0.05) is 20.8 Å². The molecule has 0 radical (unpaired) electrons. The van der Waals surface area contributed by atoms with Crippen LogP contribution in [-0.4, -0.2) is 28.8 Å². The lowest BCUT2D eigenvalue weighted by atomic mass is 9.84. The molecular formula is C13H23NO. The van der Waals surface area contributed by atoms with E-state index in [-0.39, 0.29) is 0 Å². The number of nitrogens with zero attached hydrogens (tertiary/aromatic N) is 1. The number of carbonyl (C=O) groups excluding carboxylic acids is 1. The Balaban J connectivity index is 2.14. The molecule has 0 aliphatic carbocycles. The quantitative estimate of drug-likeness (QED) is 0.661. The van der Waals surface area contributed by atoms with Gasteiger partial charge in [0.2, 0.25) is 0 Å². The van der Waals surface area contributed by atoms with Crippen LogP contribution in [0.1, 0.15) is 53.4 Å². The smallest absolute Gasteiger partial charge is 0.136 e. The van der Waals surface area contributed by atoms with E-state index in [0.29, 0.717) is 29.3 Å². The maximum atomic E-state index is 11.5. The summed E-state index contributed by atoms with van der Waals surface area (Å²) in [6, 6.07) is 1.68. The van der Waals surface area contributed by atoms with Crippen molar-refractivity contribution >= 4 is 5.78 Å². The van der Waals surface area contributed by atoms with Gasteiger partial charge in [-0.05, 0) is 25.2 Å². The average Bonchev–Trinajstić information content (AvgIpc) is 2.35. The summed E-state index contributed by atoms with van der Waals surface area (Å²) in [5.41, 5.74) is 0.321. The first-order chi connectivity index (χ1) is 6.89. The van der Waals surface area contributed by atoms with Gasteiger partial charge in [-0.15, -0.1) is 0 Å². The molecule has 0 amide bonds. The van der Waals surface area contributed by atoms with Crippen LogP contribution in [0.2, 0.25) is 0 Å². The molecule has 2 heteroatoms. The summed E-state index contributed by atoms with van der Waals surface area (Å²) in [5.74, 6) is 0.486. The summed E-state index contributed by atoms with van der Waals surface area (Å²) in [5, 5.41) is 0. The first kappa shape index (κ1) is 11.1. The number of piperidine rings is 1. The molecule has 3 atom stereocenters. The van der Waals surface area contributed by atoms with Crippen molar-refractivity contribution in [1.29, 1.82) is 0 Å². The molecule has 15 heavy (non-hydrogen) atoms. The van der Waals surface area contributed by atoms with Crippen molar-refractivity contribution in [2.45, 2.75) is 71.5 Å². The Bertz CT molecular complexity index is 250. The van der Waals surface area contributed by atoms with E-state index in [2.05, 4.69) is 32.6 Å². The number of hydrogen-bond donors (Lipinski definition) is 0. The summed E-state index contributed by atoms with van der Waals surface area (Å²) in [4.78, 5) is 14.1. The van der Waals surface area contributed by atoms with Crippen molar-refractivity contribution in [2.24, 2.45) is 5.41 Å². The molecule has 2 heterocycles. The lowest BCUT2D eigenvalue weighted by Crippen LogP contribution is -2.52. The summed E-state index contributed by atoms with van der Waals surface area (Å²) < 4.78 is 0. The van der Waals surface area contributed by atoms with Gasteiger partial charge in [-0.3, -0.25) is 9.69 Å². The topological polar surface area (TPSA) is 20.3 Å². The Kier molecular flexibility index (Phi) is 2.66. The van der Waals surface area contributed by atoms with Crippen LogP contribution >= 0.6 is 0 Å². The van der Waals surface area contributed by atoms with Gasteiger partial charge >= 0.3 is 0 Å². The fraction of sp³-hybridized carbons (Fsp3) is 0.923. The SMILES string of the molecule is CC(N1C2CCC1CC(=O)C2)C(C)(C)C. The molecular weight excluding hydrogens is 186 g/mol. The highest BCUT2D eigenvalue weighted by atomic mass is 16.1. The van der Waals surface area contributed by atoms with Crippen molar-refractivity contribution in [2.75, 3.05) is 0 Å². The van der Waals surface area contributed by atoms with E-state index in [0.717, 1.165) is 12.8 Å². The minimum Gasteiger partial charge on any atom is -0.300 e. The molecule has 0 aromatic heterocycles. The molecule has 2 nitrogen and oxygen atoms in total. The van der Waals surface area contributed by atoms with Gasteiger partial charge in [0.25, 0.3) is 0 Å². The van der Waals surface area contributed by atoms with Gasteiger partial charge in [0.05, 0.1) is 0 Å². The largest absolute Gasteiger partial charge is 0.300 e. The Morgan fingerprint density at radius 1 is 1.20 bits per heavy atom. The van der Waals surface area contributed by atoms with Crippen LogP contribution in [0, 0.1) is 5.41 Å². The number of rotatable bonds is 1. The Morgan fingerprint density at radius 3 is 2.07 bits per heavy atom. The third-order valence-electron chi connectivity index (χ3n) is 4.30. The number of ketones is 1. The predicted molar refractivity (Wildman–Crippen MR) is 61.8 cm³/mol. The first-order valence-electron chi connectivity index (χ1n) is 6.18. The Morgan fingerprint density at radius 2 is 1.67 bits per heavy atom. The van der Waals surface area contributed by atoms with Gasteiger partial charge in [0, 0.05) is 31.0 Å². The molecule has 2 rings (SSSR count). The van der Waals surface area contributed by atoms with E-state index in [1.807, 2.05) is 0 Å². The fourth-order valence-corrected chi connectivity index (χ4v) is 3.08. The molecule has 0 aromatic carbocycles. The lowest BCUT2D eigenvalue weighted by Gasteiger charge is -2.44. The predicted octanol–water partition coefficient (Wildman–Crippen LogP) is 2.62. The monoisotopic (exact) mass is 209 g/mol. The van der Waals surface area contributed by atoms with E-state index in [1.165, 1.54) is 12.8 Å². The van der Waals surface area contributed by atoms with E-state index in [1.54, 1.807) is 0 Å². The van der Waals surface area contributed by atoms with E-state index in [9.17, 15) is 4.79 Å². The minimum atomic E-state index is 0.321. The lowest BCUT2D eigenvalue weighted by molar-refractivity contribution is -0.125. The zero-order valence-corrected chi connectivity index (χ0v) is 10.4. The van der Waals surface area contributed by atoms with Gasteiger partial charge < -0.3 is 0 Å². The second kappa shape index (κ2) is 3.58. The molecule has 2 aliphatic heterocycles. The van der Waals surface area contributed by atoms with Crippen molar-refractivity contribution in [3.63, 3.8) is 0 Å². The standard InChI is InChI=1S/C13H23NO/c1-9(13(2,3)4)14-10-5-6-11(14)8-12(15)7-10/h9-11H,5-8H2,1-4H3. The first-order valence-corrected chi connectivity index (χ1v) is 6.18. The highest BCUT2D eigenvalue weighted by Crippen LogP contribution is 2.39. The highest BCUT2D eigenvalue weighted by molar-refractivity contribution is 5.81. The van der Waals surface area contributed by atoms with E-state index in [4.69, 9.17) is 0 Å². The van der Waals surface area contributed by atoms with Crippen molar-refractivity contribution in [3.8, 4) is 0 Å². The van der Waals surface area contributed by atoms with Crippen LogP contribution in [0.25, 0.3) is 0 Å². The van der Waals surface area contributed by atoms with E-state index < -0.39 is 0 Å². The van der Waals surface area contributed by atoms with Crippen molar-refractivity contribution in [3.05, 3.63) is 0 Å². The summed E-state index contributed by atoms with van der Waals surface area (Å²) in [7, 11) is 0. The van der Waals surface area contributed by atoms with Crippen LogP contribution < -0.4 is 0 Å². The molecule has 2 aliphatic rings. The highest BCUT2D eigenvalue weighted by Gasteiger charge is 2.44. The van der Waals surface area contributed by atoms with Gasteiger partial charge in [0.1, 0.15) is 5.78 Å². The van der Waals surface area contributed by atoms with Crippen LogP contribution in [-0.2, 0) is 4.79 Å². The van der Waals surface area contributed by atoms with Gasteiger partial charge in [-0.25, -0.2) is 0 Å². The molecule has 0 spiro atoms. The summed E-state index contributed by atoms with van der Waals surface area (Å²) in [6.07, 6.45) is 4.07. The number of fused-ring (bicyclic) bond motifs is 2. The zero-order chi connectivity index (χ0) is 11.2. The Hall–Kier alpha value is -0.370.